The minimum atomic E-state index is -3.72. The molecule has 42 heavy (non-hydrogen) atoms. The van der Waals surface area contributed by atoms with Gasteiger partial charge in [-0.1, -0.05) is 85.3 Å². The number of nitrogens with zero attached hydrogens (tertiary/aromatic N) is 2. The summed E-state index contributed by atoms with van der Waals surface area (Å²) >= 11 is 6.11. The fourth-order valence-electron chi connectivity index (χ4n) is 5.42. The number of hydrogen-bond acceptors (Lipinski definition) is 4. The molecule has 5 rings (SSSR count). The van der Waals surface area contributed by atoms with E-state index in [9.17, 15) is 18.0 Å². The standard InChI is InChI=1S/C33H34ClN3O4S/c1-2-20-35-33(39)29(22-24-9-4-3-5-10-24)36(23-25-16-18-27(34)19-17-25)31(38)15-8-21-37-28-13-6-11-26-12-7-14-30(32(26)28)42(37,40)41/h3-7,9-14,16-19,29H,2,8,15,20-23H2,1H3,(H,35,39)/t29-/m0/s1. The Bertz CT molecular complexity index is 1670. The summed E-state index contributed by atoms with van der Waals surface area (Å²) in [5.41, 5.74) is 2.42. The molecule has 0 saturated carbocycles. The van der Waals surface area contributed by atoms with E-state index in [1.165, 1.54) is 4.31 Å². The molecule has 7 nitrogen and oxygen atoms in total. The van der Waals surface area contributed by atoms with Crippen molar-refractivity contribution in [1.29, 1.82) is 0 Å². The lowest BCUT2D eigenvalue weighted by molar-refractivity contribution is -0.141. The number of sulfonamides is 1. The van der Waals surface area contributed by atoms with E-state index in [1.54, 1.807) is 35.2 Å². The summed E-state index contributed by atoms with van der Waals surface area (Å²) in [7, 11) is -3.72. The highest BCUT2D eigenvalue weighted by Crippen LogP contribution is 2.42. The molecule has 0 spiro atoms. The van der Waals surface area contributed by atoms with E-state index in [2.05, 4.69) is 5.32 Å². The molecule has 4 aromatic rings. The minimum absolute atomic E-state index is 0.0816. The van der Waals surface area contributed by atoms with Crippen LogP contribution in [0.1, 0.15) is 37.3 Å². The average Bonchev–Trinajstić information content (AvgIpc) is 3.22. The molecule has 0 fully saturated rings. The van der Waals surface area contributed by atoms with Crippen LogP contribution in [-0.2, 0) is 32.6 Å². The molecule has 1 atom stereocenters. The van der Waals surface area contributed by atoms with Gasteiger partial charge in [-0.3, -0.25) is 13.9 Å². The Morgan fingerprint density at radius 1 is 0.905 bits per heavy atom. The SMILES string of the molecule is CCCNC(=O)[C@H](Cc1ccccc1)N(Cc1ccc(Cl)cc1)C(=O)CCCN1c2cccc3cccc(c23)S1(=O)=O. The van der Waals surface area contributed by atoms with Gasteiger partial charge in [0.1, 0.15) is 6.04 Å². The predicted octanol–water partition coefficient (Wildman–Crippen LogP) is 5.95. The summed E-state index contributed by atoms with van der Waals surface area (Å²) < 4.78 is 28.2. The molecule has 1 N–H and O–H groups in total. The summed E-state index contributed by atoms with van der Waals surface area (Å²) in [6.45, 7) is 2.86. The van der Waals surface area contributed by atoms with Crippen molar-refractivity contribution in [3.05, 3.63) is 107 Å². The first-order valence-corrected chi connectivity index (χ1v) is 16.0. The Kier molecular flexibility index (Phi) is 9.14. The van der Waals surface area contributed by atoms with Gasteiger partial charge in [-0.15, -0.1) is 0 Å². The Morgan fingerprint density at radius 3 is 2.33 bits per heavy atom. The number of amides is 2. The third-order valence-electron chi connectivity index (χ3n) is 7.52. The van der Waals surface area contributed by atoms with Gasteiger partial charge in [-0.2, -0.15) is 0 Å². The molecule has 0 radical (unpaired) electrons. The van der Waals surface area contributed by atoms with Crippen LogP contribution in [-0.4, -0.2) is 44.3 Å². The lowest BCUT2D eigenvalue weighted by Crippen LogP contribution is -2.50. The number of carbonyl (C=O) groups excluding carboxylic acids is 2. The number of halogens is 1. The van der Waals surface area contributed by atoms with Gasteiger partial charge in [-0.25, -0.2) is 8.42 Å². The number of rotatable bonds is 12. The van der Waals surface area contributed by atoms with E-state index in [1.807, 2.05) is 67.6 Å². The fraction of sp³-hybridized carbons (Fsp3) is 0.273. The first-order valence-electron chi connectivity index (χ1n) is 14.2. The largest absolute Gasteiger partial charge is 0.354 e. The Morgan fingerprint density at radius 2 is 1.62 bits per heavy atom. The van der Waals surface area contributed by atoms with Crippen LogP contribution in [0.2, 0.25) is 5.02 Å². The zero-order valence-electron chi connectivity index (χ0n) is 23.5. The number of hydrogen-bond donors (Lipinski definition) is 1. The van der Waals surface area contributed by atoms with Crippen molar-refractivity contribution in [2.75, 3.05) is 17.4 Å². The quantitative estimate of drug-likeness (QED) is 0.217. The van der Waals surface area contributed by atoms with Crippen molar-refractivity contribution < 1.29 is 18.0 Å². The van der Waals surface area contributed by atoms with Crippen LogP contribution in [0.4, 0.5) is 5.69 Å². The van der Waals surface area contributed by atoms with Gasteiger partial charge in [0.15, 0.2) is 0 Å². The van der Waals surface area contributed by atoms with E-state index in [0.717, 1.165) is 22.9 Å². The lowest BCUT2D eigenvalue weighted by atomic mass is 10.0. The first kappa shape index (κ1) is 29.6. The van der Waals surface area contributed by atoms with Crippen molar-refractivity contribution in [3.8, 4) is 0 Å². The second kappa shape index (κ2) is 13.0. The second-order valence-corrected chi connectivity index (χ2v) is 12.7. The molecule has 0 aliphatic carbocycles. The van der Waals surface area contributed by atoms with Crippen LogP contribution < -0.4 is 9.62 Å². The molecule has 9 heteroatoms. The van der Waals surface area contributed by atoms with Gasteiger partial charge in [-0.05, 0) is 53.6 Å². The predicted molar refractivity (Wildman–Crippen MR) is 167 cm³/mol. The molecular weight excluding hydrogens is 570 g/mol. The van der Waals surface area contributed by atoms with Crippen molar-refractivity contribution >= 4 is 49.9 Å². The monoisotopic (exact) mass is 603 g/mol. The van der Waals surface area contributed by atoms with Crippen molar-refractivity contribution in [1.82, 2.24) is 10.2 Å². The number of benzene rings is 4. The van der Waals surface area contributed by atoms with Crippen LogP contribution in [0, 0.1) is 0 Å². The second-order valence-electron chi connectivity index (χ2n) is 10.5. The van der Waals surface area contributed by atoms with E-state index in [4.69, 9.17) is 11.6 Å². The molecule has 2 amide bonds. The summed E-state index contributed by atoms with van der Waals surface area (Å²) in [6, 6.07) is 26.9. The van der Waals surface area contributed by atoms with E-state index in [0.29, 0.717) is 40.4 Å². The highest BCUT2D eigenvalue weighted by Gasteiger charge is 2.36. The molecule has 1 aliphatic rings. The van der Waals surface area contributed by atoms with E-state index >= 15 is 0 Å². The summed E-state index contributed by atoms with van der Waals surface area (Å²) in [5.74, 6) is -0.433. The molecule has 1 heterocycles. The van der Waals surface area contributed by atoms with Crippen molar-refractivity contribution in [2.45, 2.75) is 50.1 Å². The maximum Gasteiger partial charge on any atom is 0.265 e. The zero-order chi connectivity index (χ0) is 29.7. The summed E-state index contributed by atoms with van der Waals surface area (Å²) in [5, 5.41) is 5.14. The van der Waals surface area contributed by atoms with E-state index < -0.39 is 16.1 Å². The van der Waals surface area contributed by atoms with Gasteiger partial charge in [0, 0.05) is 42.9 Å². The smallest absolute Gasteiger partial charge is 0.265 e. The molecule has 218 valence electrons. The van der Waals surface area contributed by atoms with Crippen LogP contribution in [0.15, 0.2) is 95.9 Å². The Balaban J connectivity index is 1.38. The number of anilines is 1. The molecule has 0 unspecified atom stereocenters. The van der Waals surface area contributed by atoms with Gasteiger partial charge < -0.3 is 10.2 Å². The molecule has 1 aliphatic heterocycles. The van der Waals surface area contributed by atoms with Crippen LogP contribution in [0.25, 0.3) is 10.8 Å². The zero-order valence-corrected chi connectivity index (χ0v) is 25.1. The third kappa shape index (κ3) is 6.30. The van der Waals surface area contributed by atoms with Gasteiger partial charge in [0.25, 0.3) is 10.0 Å². The topological polar surface area (TPSA) is 86.8 Å². The maximum atomic E-state index is 13.9. The minimum Gasteiger partial charge on any atom is -0.354 e. The van der Waals surface area contributed by atoms with Crippen LogP contribution in [0.3, 0.4) is 0 Å². The Hall–Kier alpha value is -3.88. The first-order chi connectivity index (χ1) is 20.3. The van der Waals surface area contributed by atoms with Gasteiger partial charge in [0.05, 0.1) is 10.6 Å². The van der Waals surface area contributed by atoms with Crippen LogP contribution in [0.5, 0.6) is 0 Å². The highest BCUT2D eigenvalue weighted by atomic mass is 35.5. The molecule has 0 aromatic heterocycles. The summed E-state index contributed by atoms with van der Waals surface area (Å²) in [4.78, 5) is 29.3. The van der Waals surface area contributed by atoms with Gasteiger partial charge >= 0.3 is 0 Å². The number of nitrogens with one attached hydrogen (secondary N) is 1. The lowest BCUT2D eigenvalue weighted by Gasteiger charge is -2.32. The van der Waals surface area contributed by atoms with E-state index in [-0.39, 0.29) is 31.3 Å². The van der Waals surface area contributed by atoms with Crippen LogP contribution >= 0.6 is 11.6 Å². The van der Waals surface area contributed by atoms with Crippen molar-refractivity contribution in [2.24, 2.45) is 0 Å². The molecule has 4 aromatic carbocycles. The summed E-state index contributed by atoms with van der Waals surface area (Å²) in [6.07, 6.45) is 1.51. The van der Waals surface area contributed by atoms with Crippen molar-refractivity contribution in [3.63, 3.8) is 0 Å². The number of carbonyl (C=O) groups is 2. The average molecular weight is 604 g/mol. The normalized spacial score (nSPS) is 14.1. The molecule has 0 bridgehead atoms. The molecule has 0 saturated heterocycles. The Labute approximate surface area is 252 Å². The highest BCUT2D eigenvalue weighted by molar-refractivity contribution is 7.93. The third-order valence-corrected chi connectivity index (χ3v) is 9.63. The molecular formula is C33H34ClN3O4S. The fourth-order valence-corrected chi connectivity index (χ4v) is 7.30. The maximum absolute atomic E-state index is 13.9. The van der Waals surface area contributed by atoms with Gasteiger partial charge in [0.2, 0.25) is 11.8 Å².